The van der Waals surface area contributed by atoms with Gasteiger partial charge in [-0.25, -0.2) is 37.9 Å². The van der Waals surface area contributed by atoms with Crippen LogP contribution >= 0.6 is 0 Å². The van der Waals surface area contributed by atoms with Crippen molar-refractivity contribution >= 4 is 81.0 Å². The monoisotopic (exact) mass is 1530 g/mol. The zero-order chi connectivity index (χ0) is 80.2. The van der Waals surface area contributed by atoms with Crippen molar-refractivity contribution in [3.8, 4) is 46.8 Å². The van der Waals surface area contributed by atoms with Crippen LogP contribution in [0.1, 0.15) is 159 Å². The minimum atomic E-state index is -3.10. The minimum absolute atomic E-state index is 0.104. The number of rotatable bonds is 17. The molecule has 8 amide bonds. The first-order chi connectivity index (χ1) is 53.7. The molecule has 8 atom stereocenters. The number of aromatic amines is 2. The fraction of sp³-hybridized carbons (Fsp3) is 0.452. The lowest BCUT2D eigenvalue weighted by Gasteiger charge is -2.31. The lowest BCUT2D eigenvalue weighted by molar-refractivity contribution is -0.136. The van der Waals surface area contributed by atoms with E-state index in [0.29, 0.717) is 54.7 Å². The van der Waals surface area contributed by atoms with Crippen LogP contribution in [0, 0.1) is 59.2 Å². The highest BCUT2D eigenvalue weighted by Crippen LogP contribution is 2.38. The second-order valence-corrected chi connectivity index (χ2v) is 30.0. The van der Waals surface area contributed by atoms with Crippen LogP contribution in [0.25, 0.3) is 32.8 Å². The Bertz CT molecular complexity index is 4920. The third-order valence-corrected chi connectivity index (χ3v) is 21.0. The SMILES string of the molecule is COC(=O)N[C@H](C(=O)N1CC(F)(F)C[C@H]1C1=NC=C(C#Cc2ccc3cc(-c4cnc([C@@H]5CCCN5C(=O)[C@@H](NC(=O)OC)C(C)C)[nH]4)ccc3c2)C1)C(C)C.COC(=O)N[C@H](C(=O)N1CCC[C@H]1C1=NC=C(C#Cc2cccc3c(C#Cc4cnc([C@@H]5CCCN5C(=O)[C@@H](NC(=O)OC)C(C)C)[nH]4)cccc23)C1)C(C)C. The lowest BCUT2D eigenvalue weighted by Crippen LogP contribution is -2.54. The molecule has 6 aromatic rings. The maximum atomic E-state index is 14.7. The molecule has 2 aromatic heterocycles. The van der Waals surface area contributed by atoms with Crippen molar-refractivity contribution in [2.75, 3.05) is 54.6 Å². The number of likely N-dealkylation sites (tertiary alicyclic amines) is 4. The molecule has 12 rings (SSSR count). The molecular formula is C84H96F2N14O12. The van der Waals surface area contributed by atoms with Crippen LogP contribution in [-0.2, 0) is 38.1 Å². The number of nitrogens with zero attached hydrogens (tertiary/aromatic N) is 8. The molecule has 0 radical (unpaired) electrons. The van der Waals surface area contributed by atoms with Gasteiger partial charge in [0.05, 0.1) is 77.2 Å². The fourth-order valence-corrected chi connectivity index (χ4v) is 15.0. The molecule has 588 valence electrons. The molecule has 6 N–H and O–H groups in total. The van der Waals surface area contributed by atoms with E-state index >= 15 is 0 Å². The Morgan fingerprint density at radius 2 is 0.902 bits per heavy atom. The van der Waals surface area contributed by atoms with Crippen molar-refractivity contribution in [3.05, 3.63) is 143 Å². The van der Waals surface area contributed by atoms with Gasteiger partial charge in [0.25, 0.3) is 5.92 Å². The van der Waals surface area contributed by atoms with Crippen molar-refractivity contribution in [3.63, 3.8) is 0 Å². The predicted molar refractivity (Wildman–Crippen MR) is 418 cm³/mol. The number of hydrogen-bond acceptors (Lipinski definition) is 16. The maximum Gasteiger partial charge on any atom is 0.407 e. The van der Waals surface area contributed by atoms with Gasteiger partial charge in [0.2, 0.25) is 23.6 Å². The Labute approximate surface area is 650 Å². The maximum absolute atomic E-state index is 14.7. The van der Waals surface area contributed by atoms with E-state index in [-0.39, 0.29) is 65.9 Å². The zero-order valence-electron chi connectivity index (χ0n) is 65.1. The Morgan fingerprint density at radius 1 is 0.482 bits per heavy atom. The topological polar surface area (TPSA) is 317 Å². The smallest absolute Gasteiger partial charge is 0.407 e. The van der Waals surface area contributed by atoms with Gasteiger partial charge in [-0.05, 0) is 120 Å². The summed E-state index contributed by atoms with van der Waals surface area (Å²) in [6, 6.07) is 19.1. The van der Waals surface area contributed by atoms with E-state index in [4.69, 9.17) is 19.2 Å². The molecule has 28 heteroatoms. The number of carbonyl (C=O) groups excluding carboxylic acids is 8. The van der Waals surface area contributed by atoms with Gasteiger partial charge in [0.1, 0.15) is 41.5 Å². The first kappa shape index (κ1) is 81.1. The number of allylic oxidation sites excluding steroid dienone is 2. The van der Waals surface area contributed by atoms with Gasteiger partial charge in [-0.2, -0.15) is 0 Å². The summed E-state index contributed by atoms with van der Waals surface area (Å²) in [5.74, 6) is 15.9. The quantitative estimate of drug-likeness (QED) is 0.0365. The van der Waals surface area contributed by atoms with Gasteiger partial charge >= 0.3 is 24.4 Å². The highest BCUT2D eigenvalue weighted by molar-refractivity contribution is 6.01. The number of methoxy groups -OCH3 is 4. The number of halogens is 2. The number of carbonyl (C=O) groups is 8. The van der Waals surface area contributed by atoms with Gasteiger partial charge in [-0.1, -0.05) is 127 Å². The number of imidazole rings is 2. The molecule has 0 aliphatic carbocycles. The Kier molecular flexibility index (Phi) is 26.0. The molecule has 4 fully saturated rings. The van der Waals surface area contributed by atoms with E-state index in [1.54, 1.807) is 48.4 Å². The summed E-state index contributed by atoms with van der Waals surface area (Å²) in [4.78, 5) is 133. The fourth-order valence-electron chi connectivity index (χ4n) is 15.0. The summed E-state index contributed by atoms with van der Waals surface area (Å²) in [6.07, 6.45) is 9.11. The van der Waals surface area contributed by atoms with Gasteiger partial charge in [0.15, 0.2) is 0 Å². The number of benzene rings is 4. The number of hydrogen-bond donors (Lipinski definition) is 6. The first-order valence-electron chi connectivity index (χ1n) is 37.9. The summed E-state index contributed by atoms with van der Waals surface area (Å²) < 4.78 is 48.3. The Balaban J connectivity index is 0.000000221. The standard InChI is InChI=1S/C43H49N7O6.C41H47F2N7O6/c1-26(2)37(47-42(53)55-5)40(51)49-21-9-15-35(49)34-23-28(24-44-34)17-18-29-11-7-14-33-30(12-8-13-32(29)33)19-20-31-25-45-39(46-31)36-16-10-22-50(36)41(52)38(27(3)4)48-43(54)56-6;1-23(2)34(47-39(53)55-5)37(51)49-15-7-8-32(49)36-45-21-31(46-36)29-14-13-27-16-25(11-12-28(27)18-29)9-10-26-17-30(44-20-26)33-19-41(42,43)22-50(33)38(52)35(24(3)4)48-40(54)56-6/h7-8,11-14,24-27,35-38H,9-10,15-16,21-23H2,1-6H3,(H,45,46)(H,47,53)(H,48,54);11-14,16,18,20-21,23-24,32-35H,7-8,15,17,19,22H2,1-6H3,(H,45,46)(H,47,53)(H,48,54)/t35-,36-,37-,38-;32-,33-,34-,35-/m00/s1. The number of H-pyrrole nitrogens is 2. The van der Waals surface area contributed by atoms with E-state index in [1.165, 1.54) is 28.4 Å². The van der Waals surface area contributed by atoms with Crippen LogP contribution in [0.4, 0.5) is 28.0 Å². The average molecular weight is 1530 g/mol. The molecule has 0 saturated carbocycles. The lowest BCUT2D eigenvalue weighted by atomic mass is 9.99. The Hall–Kier alpha value is -11.9. The largest absolute Gasteiger partial charge is 0.453 e. The molecule has 4 saturated heterocycles. The molecule has 4 aromatic carbocycles. The summed E-state index contributed by atoms with van der Waals surface area (Å²) in [7, 11) is 5.01. The summed E-state index contributed by atoms with van der Waals surface area (Å²) in [5, 5.41) is 14.4. The summed E-state index contributed by atoms with van der Waals surface area (Å²) in [5.41, 5.74) is 7.67. The zero-order valence-corrected chi connectivity index (χ0v) is 65.1. The average Bonchev–Trinajstić information content (AvgIpc) is 1.61. The van der Waals surface area contributed by atoms with Gasteiger partial charge in [0, 0.05) is 96.1 Å². The van der Waals surface area contributed by atoms with Crippen LogP contribution in [0.2, 0.25) is 0 Å². The molecule has 6 aliphatic rings. The number of ether oxygens (including phenoxy) is 4. The van der Waals surface area contributed by atoms with Gasteiger partial charge in [-0.15, -0.1) is 0 Å². The first-order valence-corrected chi connectivity index (χ1v) is 37.9. The molecule has 0 spiro atoms. The van der Waals surface area contributed by atoms with Gasteiger partial charge < -0.3 is 69.8 Å². The normalized spacial score (nSPS) is 19.3. The van der Waals surface area contributed by atoms with Crippen molar-refractivity contribution in [1.82, 2.24) is 60.8 Å². The van der Waals surface area contributed by atoms with E-state index < -0.39 is 79.4 Å². The molecule has 8 heterocycles. The molecule has 0 bridgehead atoms. The highest BCUT2D eigenvalue weighted by atomic mass is 19.3. The number of fused-ring (bicyclic) bond motifs is 2. The molecule has 0 unspecified atom stereocenters. The van der Waals surface area contributed by atoms with E-state index in [0.717, 1.165) is 104 Å². The molecule has 26 nitrogen and oxygen atoms in total. The van der Waals surface area contributed by atoms with Crippen molar-refractivity contribution in [2.24, 2.45) is 33.7 Å². The minimum Gasteiger partial charge on any atom is -0.453 e. The highest BCUT2D eigenvalue weighted by Gasteiger charge is 2.51. The number of aromatic nitrogens is 4. The van der Waals surface area contributed by atoms with Crippen LogP contribution in [0.3, 0.4) is 0 Å². The van der Waals surface area contributed by atoms with Crippen LogP contribution in [-0.4, -0.2) is 196 Å². The molecule has 6 aliphatic heterocycles. The van der Waals surface area contributed by atoms with Gasteiger partial charge in [-0.3, -0.25) is 29.2 Å². The number of aliphatic imine (C=N–C) groups is 2. The van der Waals surface area contributed by atoms with Crippen molar-refractivity contribution in [2.45, 2.75) is 167 Å². The summed E-state index contributed by atoms with van der Waals surface area (Å²) in [6.45, 7) is 15.8. The van der Waals surface area contributed by atoms with Crippen molar-refractivity contribution in [1.29, 1.82) is 0 Å². The molecular weight excluding hydrogens is 1440 g/mol. The number of amides is 8. The third-order valence-electron chi connectivity index (χ3n) is 21.0. The second-order valence-electron chi connectivity index (χ2n) is 30.0. The van der Waals surface area contributed by atoms with Crippen LogP contribution < -0.4 is 21.3 Å². The van der Waals surface area contributed by atoms with Crippen LogP contribution in [0.15, 0.2) is 119 Å². The summed E-state index contributed by atoms with van der Waals surface area (Å²) >= 11 is 0. The number of alkyl halides is 2. The van der Waals surface area contributed by atoms with Crippen molar-refractivity contribution < 1.29 is 66.1 Å². The second kappa shape index (κ2) is 35.9. The number of alkyl carbamates (subject to hydrolysis) is 4. The third kappa shape index (κ3) is 18.9. The van der Waals surface area contributed by atoms with E-state index in [9.17, 15) is 47.1 Å². The van der Waals surface area contributed by atoms with E-state index in [2.05, 4.69) is 86.5 Å². The van der Waals surface area contributed by atoms with E-state index in [1.807, 2.05) is 119 Å². The van der Waals surface area contributed by atoms with Crippen LogP contribution in [0.5, 0.6) is 0 Å². The Morgan fingerprint density at radius 3 is 1.39 bits per heavy atom. The number of nitrogens with one attached hydrogen (secondary N) is 6. The molecule has 112 heavy (non-hydrogen) atoms. The predicted octanol–water partition coefficient (Wildman–Crippen LogP) is 11.4.